The topological polar surface area (TPSA) is 95.9 Å². The van der Waals surface area contributed by atoms with E-state index in [-0.39, 0.29) is 25.2 Å². The first-order valence-corrected chi connectivity index (χ1v) is 4.42. The molecule has 1 rings (SSSR count). The van der Waals surface area contributed by atoms with Crippen LogP contribution in [0.3, 0.4) is 0 Å². The maximum atomic E-state index is 9.63. The SMILES string of the molecule is C[C@@H]1O[C@H](CO)[C@H](C(N)CO)C1O. The Morgan fingerprint density at radius 2 is 2.08 bits per heavy atom. The summed E-state index contributed by atoms with van der Waals surface area (Å²) in [6.07, 6.45) is -1.51. The van der Waals surface area contributed by atoms with E-state index in [1.165, 1.54) is 0 Å². The average Bonchev–Trinajstić information content (AvgIpc) is 2.42. The summed E-state index contributed by atoms with van der Waals surface area (Å²) in [5.41, 5.74) is 5.60. The molecular weight excluding hydrogens is 174 g/mol. The van der Waals surface area contributed by atoms with E-state index in [1.807, 2.05) is 0 Å². The summed E-state index contributed by atoms with van der Waals surface area (Å²) in [7, 11) is 0. The molecule has 1 heterocycles. The molecule has 5 atom stereocenters. The minimum absolute atomic E-state index is 0.181. The van der Waals surface area contributed by atoms with Gasteiger partial charge in [0.05, 0.1) is 31.5 Å². The van der Waals surface area contributed by atoms with Crippen molar-refractivity contribution in [1.29, 1.82) is 0 Å². The first-order valence-electron chi connectivity index (χ1n) is 4.42. The molecule has 0 aromatic carbocycles. The standard InChI is InChI=1S/C8H17NO4/c1-4-8(12)7(5(9)2-10)6(3-11)13-4/h4-8,10-12H,2-3,9H2,1H3/t4-,5?,6+,7-,8?/m0/s1. The second-order valence-electron chi connectivity index (χ2n) is 3.48. The minimum atomic E-state index is -0.709. The number of nitrogens with two attached hydrogens (primary N) is 1. The molecule has 0 aromatic heterocycles. The second-order valence-corrected chi connectivity index (χ2v) is 3.48. The van der Waals surface area contributed by atoms with Crippen LogP contribution in [-0.4, -0.2) is 52.9 Å². The van der Waals surface area contributed by atoms with Crippen molar-refractivity contribution in [2.75, 3.05) is 13.2 Å². The highest BCUT2D eigenvalue weighted by Crippen LogP contribution is 2.28. The van der Waals surface area contributed by atoms with Crippen molar-refractivity contribution in [2.45, 2.75) is 31.3 Å². The van der Waals surface area contributed by atoms with Crippen molar-refractivity contribution in [3.05, 3.63) is 0 Å². The Labute approximate surface area is 77.1 Å². The summed E-state index contributed by atoms with van der Waals surface area (Å²) in [4.78, 5) is 0. The Balaban J connectivity index is 2.67. The number of hydrogen-bond donors (Lipinski definition) is 4. The van der Waals surface area contributed by atoms with Gasteiger partial charge in [0, 0.05) is 12.0 Å². The van der Waals surface area contributed by atoms with Gasteiger partial charge in [0.1, 0.15) is 0 Å². The summed E-state index contributed by atoms with van der Waals surface area (Å²) in [5, 5.41) is 27.4. The van der Waals surface area contributed by atoms with E-state index in [1.54, 1.807) is 6.92 Å². The quantitative estimate of drug-likeness (QED) is 0.416. The third-order valence-electron chi connectivity index (χ3n) is 2.58. The summed E-state index contributed by atoms with van der Waals surface area (Å²) in [6.45, 7) is 1.32. The van der Waals surface area contributed by atoms with Crippen molar-refractivity contribution >= 4 is 0 Å². The van der Waals surface area contributed by atoms with Crippen LogP contribution in [0.1, 0.15) is 6.92 Å². The zero-order valence-electron chi connectivity index (χ0n) is 7.63. The monoisotopic (exact) mass is 191 g/mol. The fourth-order valence-corrected chi connectivity index (χ4v) is 1.80. The lowest BCUT2D eigenvalue weighted by molar-refractivity contribution is -0.00437. The van der Waals surface area contributed by atoms with Crippen LogP contribution in [0.25, 0.3) is 0 Å². The smallest absolute Gasteiger partial charge is 0.0880 e. The van der Waals surface area contributed by atoms with E-state index in [4.69, 9.17) is 20.7 Å². The van der Waals surface area contributed by atoms with Crippen molar-refractivity contribution in [1.82, 2.24) is 0 Å². The Morgan fingerprint density at radius 1 is 1.46 bits per heavy atom. The van der Waals surface area contributed by atoms with Crippen LogP contribution in [0.2, 0.25) is 0 Å². The fourth-order valence-electron chi connectivity index (χ4n) is 1.80. The van der Waals surface area contributed by atoms with Gasteiger partial charge in [-0.15, -0.1) is 0 Å². The van der Waals surface area contributed by atoms with Crippen LogP contribution in [0.15, 0.2) is 0 Å². The van der Waals surface area contributed by atoms with Crippen LogP contribution in [-0.2, 0) is 4.74 Å². The number of aliphatic hydroxyl groups excluding tert-OH is 3. The number of rotatable bonds is 3. The van der Waals surface area contributed by atoms with E-state index >= 15 is 0 Å². The van der Waals surface area contributed by atoms with Crippen LogP contribution in [0.5, 0.6) is 0 Å². The molecule has 0 aromatic rings. The first kappa shape index (κ1) is 10.9. The van der Waals surface area contributed by atoms with E-state index in [0.717, 1.165) is 0 Å². The normalized spacial score (nSPS) is 42.2. The van der Waals surface area contributed by atoms with Gasteiger partial charge in [0.2, 0.25) is 0 Å². The Bertz CT molecular complexity index is 166. The molecule has 1 saturated heterocycles. The molecule has 2 unspecified atom stereocenters. The number of hydrogen-bond acceptors (Lipinski definition) is 5. The molecule has 1 fully saturated rings. The molecule has 78 valence electrons. The molecule has 0 spiro atoms. The van der Waals surface area contributed by atoms with Gasteiger partial charge in [-0.25, -0.2) is 0 Å². The maximum Gasteiger partial charge on any atom is 0.0880 e. The summed E-state index contributed by atoms with van der Waals surface area (Å²) >= 11 is 0. The van der Waals surface area contributed by atoms with Gasteiger partial charge in [-0.05, 0) is 6.92 Å². The van der Waals surface area contributed by atoms with Crippen LogP contribution >= 0.6 is 0 Å². The average molecular weight is 191 g/mol. The van der Waals surface area contributed by atoms with Gasteiger partial charge in [0.25, 0.3) is 0 Å². The van der Waals surface area contributed by atoms with Gasteiger partial charge >= 0.3 is 0 Å². The molecule has 0 saturated carbocycles. The molecule has 5 heteroatoms. The van der Waals surface area contributed by atoms with E-state index in [0.29, 0.717) is 0 Å². The van der Waals surface area contributed by atoms with Gasteiger partial charge in [-0.2, -0.15) is 0 Å². The van der Waals surface area contributed by atoms with Crippen molar-refractivity contribution in [3.63, 3.8) is 0 Å². The van der Waals surface area contributed by atoms with Gasteiger partial charge in [-0.3, -0.25) is 0 Å². The lowest BCUT2D eigenvalue weighted by atomic mass is 9.90. The molecule has 5 nitrogen and oxygen atoms in total. The lowest BCUT2D eigenvalue weighted by Gasteiger charge is -2.23. The third kappa shape index (κ3) is 2.00. The zero-order valence-corrected chi connectivity index (χ0v) is 7.63. The van der Waals surface area contributed by atoms with Gasteiger partial charge < -0.3 is 25.8 Å². The Hall–Kier alpha value is -0.200. The van der Waals surface area contributed by atoms with Crippen LogP contribution in [0.4, 0.5) is 0 Å². The molecule has 5 N–H and O–H groups in total. The molecule has 1 aliphatic heterocycles. The minimum Gasteiger partial charge on any atom is -0.395 e. The first-order chi connectivity index (χ1) is 6.11. The van der Waals surface area contributed by atoms with Crippen LogP contribution in [0, 0.1) is 5.92 Å². The number of aliphatic hydroxyl groups is 3. The summed E-state index contributed by atoms with van der Waals surface area (Å²) in [6, 6.07) is -0.544. The summed E-state index contributed by atoms with van der Waals surface area (Å²) < 4.78 is 5.27. The van der Waals surface area contributed by atoms with Gasteiger partial charge in [-0.1, -0.05) is 0 Å². The highest BCUT2D eigenvalue weighted by molar-refractivity contribution is 4.93. The molecule has 0 aliphatic carbocycles. The van der Waals surface area contributed by atoms with Crippen LogP contribution < -0.4 is 5.73 Å². The predicted octanol–water partition coefficient (Wildman–Crippen LogP) is -1.94. The largest absolute Gasteiger partial charge is 0.395 e. The highest BCUT2D eigenvalue weighted by Gasteiger charge is 2.43. The third-order valence-corrected chi connectivity index (χ3v) is 2.58. The highest BCUT2D eigenvalue weighted by atomic mass is 16.5. The predicted molar refractivity (Wildman–Crippen MR) is 46.0 cm³/mol. The number of ether oxygens (including phenoxy) is 1. The van der Waals surface area contributed by atoms with Crippen molar-refractivity contribution in [3.8, 4) is 0 Å². The Morgan fingerprint density at radius 3 is 2.54 bits per heavy atom. The molecule has 0 bridgehead atoms. The Kier molecular flexibility index (Phi) is 3.63. The van der Waals surface area contributed by atoms with Crippen molar-refractivity contribution < 1.29 is 20.1 Å². The van der Waals surface area contributed by atoms with E-state index in [2.05, 4.69) is 0 Å². The second kappa shape index (κ2) is 4.34. The maximum absolute atomic E-state index is 9.63. The molecular formula is C8H17NO4. The van der Waals surface area contributed by atoms with Crippen molar-refractivity contribution in [2.24, 2.45) is 11.7 Å². The van der Waals surface area contributed by atoms with E-state index in [9.17, 15) is 5.11 Å². The fraction of sp³-hybridized carbons (Fsp3) is 1.00. The molecule has 0 amide bonds. The van der Waals surface area contributed by atoms with Gasteiger partial charge in [0.15, 0.2) is 0 Å². The van der Waals surface area contributed by atoms with E-state index < -0.39 is 18.2 Å². The molecule has 13 heavy (non-hydrogen) atoms. The summed E-state index contributed by atoms with van der Waals surface area (Å²) in [5.74, 6) is -0.384. The molecule has 0 radical (unpaired) electrons. The lowest BCUT2D eigenvalue weighted by Crippen LogP contribution is -2.45. The molecule has 1 aliphatic rings. The zero-order chi connectivity index (χ0) is 10.0.